The van der Waals surface area contributed by atoms with Crippen LogP contribution in [0.15, 0.2) is 36.4 Å². The van der Waals surface area contributed by atoms with Crippen molar-refractivity contribution in [2.45, 2.75) is 20.8 Å². The Balaban J connectivity index is 1.83. The molecule has 8 nitrogen and oxygen atoms in total. The molecule has 0 spiro atoms. The third-order valence-electron chi connectivity index (χ3n) is 4.88. The number of hydrogen-bond acceptors (Lipinski definition) is 8. The Morgan fingerprint density at radius 2 is 1.72 bits per heavy atom. The fraction of sp³-hybridized carbons (Fsp3) is 0.238. The van der Waals surface area contributed by atoms with Crippen molar-refractivity contribution in [3.8, 4) is 0 Å². The minimum atomic E-state index is 0.494. The monoisotopic (exact) mass is 578 g/mol. The van der Waals surface area contributed by atoms with E-state index in [1.807, 2.05) is 45.0 Å². The highest BCUT2D eigenvalue weighted by Gasteiger charge is 2.17. The summed E-state index contributed by atoms with van der Waals surface area (Å²) in [5, 5.41) is 6.96. The zero-order chi connectivity index (χ0) is 22.8. The van der Waals surface area contributed by atoms with Crippen molar-refractivity contribution in [1.29, 1.82) is 0 Å². The van der Waals surface area contributed by atoms with Crippen LogP contribution in [0, 0.1) is 20.8 Å². The number of aryl methyl sites for hydroxylation is 3. The summed E-state index contributed by atoms with van der Waals surface area (Å²) < 4.78 is 4.26. The lowest BCUT2D eigenvalue weighted by atomic mass is 10.2. The summed E-state index contributed by atoms with van der Waals surface area (Å²) in [4.78, 5) is 18.6. The van der Waals surface area contributed by atoms with Gasteiger partial charge < -0.3 is 14.9 Å². The summed E-state index contributed by atoms with van der Waals surface area (Å²) in [6, 6.07) is 12.1. The highest BCUT2D eigenvalue weighted by molar-refractivity contribution is 14.2. The molecule has 2 N–H and O–H groups in total. The maximum absolute atomic E-state index is 4.87. The Morgan fingerprint density at radius 1 is 0.969 bits per heavy atom. The number of aromatic nitrogens is 5. The van der Waals surface area contributed by atoms with Crippen molar-refractivity contribution in [3.63, 3.8) is 0 Å². The van der Waals surface area contributed by atoms with Gasteiger partial charge in [0, 0.05) is 31.1 Å². The van der Waals surface area contributed by atoms with Crippen LogP contribution in [0.4, 0.5) is 28.7 Å². The van der Waals surface area contributed by atoms with Gasteiger partial charge in [-0.15, -0.1) is 0 Å². The summed E-state index contributed by atoms with van der Waals surface area (Å²) in [6.07, 6.45) is 2.55. The minimum Gasteiger partial charge on any atom is -0.352 e. The van der Waals surface area contributed by atoms with E-state index in [9.17, 15) is 0 Å². The first-order chi connectivity index (χ1) is 15.4. The van der Waals surface area contributed by atoms with E-state index in [2.05, 4.69) is 76.7 Å². The predicted molar refractivity (Wildman–Crippen MR) is 146 cm³/mol. The number of imidazole rings is 1. The molecule has 0 fully saturated rings. The Morgan fingerprint density at radius 3 is 2.44 bits per heavy atom. The Hall–Kier alpha value is -2.17. The van der Waals surface area contributed by atoms with Gasteiger partial charge in [-0.05, 0) is 54.9 Å². The second-order valence-corrected chi connectivity index (χ2v) is 10.2. The molecule has 0 amide bonds. The second kappa shape index (κ2) is 9.76. The molecule has 0 aliphatic heterocycles. The van der Waals surface area contributed by atoms with Gasteiger partial charge in [0.1, 0.15) is 28.8 Å². The fourth-order valence-corrected chi connectivity index (χ4v) is 5.92. The van der Waals surface area contributed by atoms with Gasteiger partial charge in [-0.3, -0.25) is 4.34 Å². The Kier molecular flexibility index (Phi) is 7.02. The van der Waals surface area contributed by atoms with Crippen molar-refractivity contribution in [2.24, 2.45) is 0 Å². The summed E-state index contributed by atoms with van der Waals surface area (Å²) in [5.74, 6) is 3.07. The number of nitrogens with zero attached hydrogens (tertiary/aromatic N) is 6. The van der Waals surface area contributed by atoms with E-state index in [1.54, 1.807) is 11.9 Å². The van der Waals surface area contributed by atoms with Gasteiger partial charge in [0.25, 0.3) is 0 Å². The van der Waals surface area contributed by atoms with Crippen LogP contribution in [-0.2, 0) is 0 Å². The molecule has 0 aliphatic carbocycles. The van der Waals surface area contributed by atoms with Crippen LogP contribution in [0.1, 0.15) is 17.3 Å². The first kappa shape index (κ1) is 23.0. The molecule has 166 valence electrons. The second-order valence-electron chi connectivity index (χ2n) is 7.20. The van der Waals surface area contributed by atoms with Crippen molar-refractivity contribution >= 4 is 80.2 Å². The SMILES string of the molecule is CSN(C)c1ccccc1Nc1cc(Nc2cc(C)nc(C)n2)nc2c1nc(C)n2PI. The third-order valence-corrected chi connectivity index (χ3v) is 7.77. The predicted octanol–water partition coefficient (Wildman–Crippen LogP) is 6.14. The topological polar surface area (TPSA) is 83.8 Å². The van der Waals surface area contributed by atoms with E-state index < -0.39 is 0 Å². The number of halogens is 1. The van der Waals surface area contributed by atoms with Crippen molar-refractivity contribution in [3.05, 3.63) is 53.7 Å². The third kappa shape index (κ3) is 4.77. The van der Waals surface area contributed by atoms with Crippen LogP contribution >= 0.6 is 40.4 Å². The smallest absolute Gasteiger partial charge is 0.168 e. The molecule has 1 unspecified atom stereocenters. The molecular formula is C21H24IN8PS. The number of hydrogen-bond donors (Lipinski definition) is 2. The van der Waals surface area contributed by atoms with E-state index in [0.717, 1.165) is 51.4 Å². The summed E-state index contributed by atoms with van der Waals surface area (Å²) in [5.41, 5.74) is 5.56. The zero-order valence-electron chi connectivity index (χ0n) is 18.4. The van der Waals surface area contributed by atoms with Crippen molar-refractivity contribution < 1.29 is 0 Å². The molecule has 0 saturated carbocycles. The van der Waals surface area contributed by atoms with E-state index in [0.29, 0.717) is 12.2 Å². The molecule has 3 heterocycles. The van der Waals surface area contributed by atoms with Gasteiger partial charge in [0.2, 0.25) is 0 Å². The van der Waals surface area contributed by atoms with Crippen LogP contribution in [-0.4, -0.2) is 37.6 Å². The highest BCUT2D eigenvalue weighted by atomic mass is 127. The molecule has 32 heavy (non-hydrogen) atoms. The molecule has 3 aromatic heterocycles. The maximum atomic E-state index is 4.87. The number of para-hydroxylation sites is 2. The first-order valence-electron chi connectivity index (χ1n) is 9.89. The van der Waals surface area contributed by atoms with Crippen LogP contribution in [0.3, 0.4) is 0 Å². The van der Waals surface area contributed by atoms with Crippen LogP contribution in [0.5, 0.6) is 0 Å². The van der Waals surface area contributed by atoms with E-state index in [4.69, 9.17) is 9.97 Å². The normalized spacial score (nSPS) is 11.4. The molecule has 0 saturated heterocycles. The lowest BCUT2D eigenvalue weighted by Crippen LogP contribution is -2.08. The van der Waals surface area contributed by atoms with Crippen LogP contribution in [0.2, 0.25) is 0 Å². The van der Waals surface area contributed by atoms with Gasteiger partial charge in [0.15, 0.2) is 5.65 Å². The molecular weight excluding hydrogens is 554 g/mol. The molecule has 0 aliphatic rings. The van der Waals surface area contributed by atoms with E-state index in [1.165, 1.54) is 0 Å². The summed E-state index contributed by atoms with van der Waals surface area (Å²) in [7, 11) is 2.05. The van der Waals surface area contributed by atoms with Gasteiger partial charge in [-0.1, -0.05) is 24.1 Å². The number of anilines is 5. The average molecular weight is 578 g/mol. The highest BCUT2D eigenvalue weighted by Crippen LogP contribution is 2.37. The molecule has 0 radical (unpaired) electrons. The number of benzene rings is 1. The Bertz CT molecular complexity index is 1260. The number of nitrogens with one attached hydrogen (secondary N) is 2. The van der Waals surface area contributed by atoms with Crippen LogP contribution in [0.25, 0.3) is 11.2 Å². The fourth-order valence-electron chi connectivity index (χ4n) is 3.43. The largest absolute Gasteiger partial charge is 0.352 e. The van der Waals surface area contributed by atoms with Crippen molar-refractivity contribution in [2.75, 3.05) is 28.2 Å². The van der Waals surface area contributed by atoms with Crippen molar-refractivity contribution in [1.82, 2.24) is 24.3 Å². The molecule has 11 heteroatoms. The average Bonchev–Trinajstić information content (AvgIpc) is 3.08. The number of fused-ring (bicyclic) bond motifs is 1. The van der Waals surface area contributed by atoms with Gasteiger partial charge in [-0.25, -0.2) is 19.9 Å². The lowest BCUT2D eigenvalue weighted by Gasteiger charge is -2.20. The number of pyridine rings is 1. The van der Waals surface area contributed by atoms with Gasteiger partial charge in [-0.2, -0.15) is 0 Å². The zero-order valence-corrected chi connectivity index (χ0v) is 22.4. The summed E-state index contributed by atoms with van der Waals surface area (Å²) >= 11 is 4.02. The standard InChI is InChI=1S/C21H24IN8PS/c1-12-10-18(24-13(2)23-12)27-19-11-16(20-21(28-19)30(31-22)14(3)25-20)26-15-8-6-7-9-17(15)29(4)32-5/h6-11,31H,1-5H3,(H2,23,24,26,27,28). The van der Waals surface area contributed by atoms with Crippen LogP contribution < -0.4 is 14.9 Å². The lowest BCUT2D eigenvalue weighted by molar-refractivity contribution is 1.01. The van der Waals surface area contributed by atoms with E-state index in [-0.39, 0.29) is 0 Å². The molecule has 4 aromatic rings. The van der Waals surface area contributed by atoms with Gasteiger partial charge in [0.05, 0.1) is 23.4 Å². The maximum Gasteiger partial charge on any atom is 0.168 e. The summed E-state index contributed by atoms with van der Waals surface area (Å²) in [6.45, 7) is 5.85. The molecule has 1 aromatic carbocycles. The van der Waals surface area contributed by atoms with E-state index >= 15 is 0 Å². The quantitative estimate of drug-likeness (QED) is 0.154. The Labute approximate surface area is 206 Å². The first-order valence-corrected chi connectivity index (χ1v) is 15.1. The molecule has 0 bridgehead atoms. The molecule has 4 rings (SSSR count). The minimum absolute atomic E-state index is 0.494. The van der Waals surface area contributed by atoms with Gasteiger partial charge >= 0.3 is 0 Å². The molecule has 1 atom stereocenters. The number of rotatable bonds is 7.